The summed E-state index contributed by atoms with van der Waals surface area (Å²) in [5.41, 5.74) is 3.92. The van der Waals surface area contributed by atoms with Gasteiger partial charge in [-0.3, -0.25) is 0 Å². The average Bonchev–Trinajstić information content (AvgIpc) is 2.76. The molecule has 3 aromatic carbocycles. The van der Waals surface area contributed by atoms with Gasteiger partial charge in [-0.05, 0) is 86.7 Å². The van der Waals surface area contributed by atoms with Crippen LogP contribution in [0.25, 0.3) is 0 Å². The van der Waals surface area contributed by atoms with E-state index in [1.54, 1.807) is 4.90 Å². The summed E-state index contributed by atoms with van der Waals surface area (Å²) >= 11 is 11.1. The van der Waals surface area contributed by atoms with Crippen molar-refractivity contribution < 1.29 is 9.47 Å². The van der Waals surface area contributed by atoms with Gasteiger partial charge in [0, 0.05) is 0 Å². The molecule has 0 amide bonds. The van der Waals surface area contributed by atoms with E-state index in [4.69, 9.17) is 33.9 Å². The summed E-state index contributed by atoms with van der Waals surface area (Å²) in [5, 5.41) is 3.19. The molecule has 0 fully saturated rings. The number of hydrogen-bond acceptors (Lipinski definition) is 6. The monoisotopic (exact) mass is 450 g/mol. The van der Waals surface area contributed by atoms with E-state index in [2.05, 4.69) is 5.18 Å². The van der Waals surface area contributed by atoms with Gasteiger partial charge in [0.2, 0.25) is 0 Å². The van der Waals surface area contributed by atoms with Crippen molar-refractivity contribution >= 4 is 40.5 Å². The van der Waals surface area contributed by atoms with Crippen molar-refractivity contribution in [2.45, 2.75) is 20.3 Å². The van der Waals surface area contributed by atoms with Crippen LogP contribution >= 0.6 is 24.4 Å². The Labute approximate surface area is 192 Å². The van der Waals surface area contributed by atoms with Crippen LogP contribution in [0, 0.1) is 18.8 Å². The highest BCUT2D eigenvalue weighted by atomic mass is 32.1. The second-order valence-corrected chi connectivity index (χ2v) is 7.67. The third-order valence-electron chi connectivity index (χ3n) is 4.50. The highest BCUT2D eigenvalue weighted by Gasteiger charge is 2.21. The van der Waals surface area contributed by atoms with Crippen LogP contribution in [0.5, 0.6) is 11.5 Å². The van der Waals surface area contributed by atoms with E-state index in [0.29, 0.717) is 23.6 Å². The Balaban J connectivity index is 1.85. The van der Waals surface area contributed by atoms with Crippen molar-refractivity contribution in [3.05, 3.63) is 94.4 Å². The van der Waals surface area contributed by atoms with Crippen LogP contribution in [0.2, 0.25) is 0 Å². The Morgan fingerprint density at radius 1 is 0.774 bits per heavy atom. The highest BCUT2D eigenvalue weighted by Crippen LogP contribution is 2.22. The number of aryl methyl sites for hydroxylation is 2. The number of nitroso groups, excluding NO2 is 1. The van der Waals surface area contributed by atoms with Crippen LogP contribution in [0.4, 0.5) is 5.69 Å². The molecule has 5 nitrogen and oxygen atoms in total. The van der Waals surface area contributed by atoms with Crippen LogP contribution in [0.15, 0.2) is 78.0 Å². The third-order valence-corrected chi connectivity index (χ3v) is 5.04. The Morgan fingerprint density at radius 3 is 1.65 bits per heavy atom. The molecule has 31 heavy (non-hydrogen) atoms. The molecule has 158 valence electrons. The van der Waals surface area contributed by atoms with Crippen LogP contribution in [0.3, 0.4) is 0 Å². The van der Waals surface area contributed by atoms with Crippen LogP contribution in [-0.2, 0) is 6.42 Å². The SMILES string of the molecule is Cc1ccc(OC(=S)N(C(=S)Oc2ccc(C)cc2)c2ccc(CCN=O)cc2)cc1. The highest BCUT2D eigenvalue weighted by molar-refractivity contribution is 7.82. The average molecular weight is 451 g/mol. The minimum Gasteiger partial charge on any atom is -0.431 e. The zero-order valence-corrected chi connectivity index (χ0v) is 18.9. The topological polar surface area (TPSA) is 51.1 Å². The number of hydrogen-bond donors (Lipinski definition) is 0. The van der Waals surface area contributed by atoms with Crippen molar-refractivity contribution in [2.75, 3.05) is 11.4 Å². The number of anilines is 1. The van der Waals surface area contributed by atoms with Gasteiger partial charge in [0.25, 0.3) is 10.3 Å². The van der Waals surface area contributed by atoms with E-state index in [-0.39, 0.29) is 16.9 Å². The van der Waals surface area contributed by atoms with E-state index in [9.17, 15) is 4.91 Å². The molecule has 0 aliphatic heterocycles. The standard InChI is InChI=1S/C24H22N2O3S2/c1-17-3-11-21(12-4-17)28-23(30)26(20-9-7-19(8-10-20)15-16-25-27)24(31)29-22-13-5-18(2)6-14-22/h3-14H,15-16H2,1-2H3. The predicted octanol–water partition coefficient (Wildman–Crippen LogP) is 6.15. The maximum absolute atomic E-state index is 10.4. The summed E-state index contributed by atoms with van der Waals surface area (Å²) in [5.74, 6) is 1.21. The lowest BCUT2D eigenvalue weighted by atomic mass is 10.1. The van der Waals surface area contributed by atoms with Crippen molar-refractivity contribution in [2.24, 2.45) is 5.18 Å². The fourth-order valence-corrected chi connectivity index (χ4v) is 3.40. The number of benzene rings is 3. The second kappa shape index (κ2) is 10.7. The summed E-state index contributed by atoms with van der Waals surface area (Å²) in [7, 11) is 0. The molecular weight excluding hydrogens is 428 g/mol. The summed E-state index contributed by atoms with van der Waals surface area (Å²) < 4.78 is 11.8. The van der Waals surface area contributed by atoms with E-state index in [0.717, 1.165) is 16.7 Å². The van der Waals surface area contributed by atoms with Gasteiger partial charge in [-0.25, -0.2) is 4.90 Å². The fraction of sp³-hybridized carbons (Fsp3) is 0.167. The number of nitrogens with zero attached hydrogens (tertiary/aromatic N) is 2. The largest absolute Gasteiger partial charge is 0.431 e. The maximum Gasteiger partial charge on any atom is 0.277 e. The van der Waals surface area contributed by atoms with Crippen LogP contribution in [0.1, 0.15) is 16.7 Å². The molecule has 3 rings (SSSR count). The molecule has 7 heteroatoms. The predicted molar refractivity (Wildman–Crippen MR) is 132 cm³/mol. The lowest BCUT2D eigenvalue weighted by molar-refractivity contribution is 0.530. The number of rotatable bonds is 6. The lowest BCUT2D eigenvalue weighted by Gasteiger charge is -2.25. The first-order valence-corrected chi connectivity index (χ1v) is 10.5. The van der Waals surface area contributed by atoms with Gasteiger partial charge in [0.15, 0.2) is 0 Å². The summed E-state index contributed by atoms with van der Waals surface area (Å²) in [6.07, 6.45) is 0.568. The third kappa shape index (κ3) is 6.41. The molecule has 0 heterocycles. The Kier molecular flexibility index (Phi) is 7.81. The van der Waals surface area contributed by atoms with Crippen molar-refractivity contribution in [1.82, 2.24) is 0 Å². The first-order chi connectivity index (χ1) is 15.0. The normalized spacial score (nSPS) is 10.3. The molecule has 0 radical (unpaired) electrons. The molecular formula is C24H22N2O3S2. The first-order valence-electron chi connectivity index (χ1n) is 9.71. The van der Waals surface area contributed by atoms with Gasteiger partial charge in [-0.1, -0.05) is 52.7 Å². The summed E-state index contributed by atoms with van der Waals surface area (Å²) in [4.78, 5) is 12.0. The van der Waals surface area contributed by atoms with Crippen molar-refractivity contribution in [3.8, 4) is 11.5 Å². The summed E-state index contributed by atoms with van der Waals surface area (Å²) in [6, 6.07) is 22.7. The van der Waals surface area contributed by atoms with Crippen LogP contribution in [-0.4, -0.2) is 16.9 Å². The molecule has 0 N–H and O–H groups in total. The van der Waals surface area contributed by atoms with E-state index in [1.165, 1.54) is 0 Å². The molecule has 0 aliphatic carbocycles. The van der Waals surface area contributed by atoms with E-state index < -0.39 is 0 Å². The minimum absolute atomic E-state index is 0.142. The molecule has 0 unspecified atom stereocenters. The van der Waals surface area contributed by atoms with Gasteiger partial charge in [-0.2, -0.15) is 4.91 Å². The molecule has 3 aromatic rings. The molecule has 0 spiro atoms. The number of thiocarbonyl (C=S) groups is 2. The van der Waals surface area contributed by atoms with E-state index in [1.807, 2.05) is 86.6 Å². The van der Waals surface area contributed by atoms with Crippen molar-refractivity contribution in [1.29, 1.82) is 0 Å². The zero-order chi connectivity index (χ0) is 22.2. The molecule has 0 atom stereocenters. The smallest absolute Gasteiger partial charge is 0.277 e. The van der Waals surface area contributed by atoms with Gasteiger partial charge >= 0.3 is 0 Å². The van der Waals surface area contributed by atoms with Gasteiger partial charge in [-0.15, -0.1) is 0 Å². The second-order valence-electron chi connectivity index (χ2n) is 6.97. The number of ether oxygens (including phenoxy) is 2. The zero-order valence-electron chi connectivity index (χ0n) is 17.3. The van der Waals surface area contributed by atoms with Crippen molar-refractivity contribution in [3.63, 3.8) is 0 Å². The first kappa shape index (κ1) is 22.5. The van der Waals surface area contributed by atoms with Gasteiger partial charge < -0.3 is 9.47 Å². The molecule has 0 saturated heterocycles. The molecule has 0 aromatic heterocycles. The summed E-state index contributed by atoms with van der Waals surface area (Å²) in [6.45, 7) is 4.23. The fourth-order valence-electron chi connectivity index (χ4n) is 2.78. The molecule has 0 aliphatic rings. The minimum atomic E-state index is 0.142. The van der Waals surface area contributed by atoms with Gasteiger partial charge in [0.1, 0.15) is 11.5 Å². The van der Waals surface area contributed by atoms with Crippen LogP contribution < -0.4 is 14.4 Å². The quantitative estimate of drug-likeness (QED) is 0.332. The lowest BCUT2D eigenvalue weighted by Crippen LogP contribution is -2.40. The molecule has 0 saturated carbocycles. The van der Waals surface area contributed by atoms with Gasteiger partial charge in [0.05, 0.1) is 12.2 Å². The Hall–Kier alpha value is -3.16. The molecule has 0 bridgehead atoms. The Morgan fingerprint density at radius 2 is 1.23 bits per heavy atom. The maximum atomic E-state index is 10.4. The Bertz CT molecular complexity index is 990. The van der Waals surface area contributed by atoms with E-state index >= 15 is 0 Å².